The highest BCUT2D eigenvalue weighted by molar-refractivity contribution is 6.30. The molecule has 0 aromatic heterocycles. The van der Waals surface area contributed by atoms with Gasteiger partial charge in [-0.15, -0.1) is 0 Å². The lowest BCUT2D eigenvalue weighted by Gasteiger charge is -2.38. The lowest BCUT2D eigenvalue weighted by atomic mass is 9.74. The minimum Gasteiger partial charge on any atom is -0.381 e. The fourth-order valence-electron chi connectivity index (χ4n) is 3.25. The van der Waals surface area contributed by atoms with Gasteiger partial charge in [0.1, 0.15) is 5.82 Å². The van der Waals surface area contributed by atoms with Crippen molar-refractivity contribution in [1.82, 2.24) is 5.32 Å². The van der Waals surface area contributed by atoms with Crippen molar-refractivity contribution in [3.63, 3.8) is 0 Å². The Kier molecular flexibility index (Phi) is 6.07. The van der Waals surface area contributed by atoms with Gasteiger partial charge in [-0.1, -0.05) is 35.9 Å². The van der Waals surface area contributed by atoms with E-state index in [1.807, 2.05) is 24.3 Å². The van der Waals surface area contributed by atoms with E-state index in [0.717, 1.165) is 18.4 Å². The molecular formula is C21H21ClFNO2. The molecule has 1 amide bonds. The summed E-state index contributed by atoms with van der Waals surface area (Å²) in [5, 5.41) is 3.66. The van der Waals surface area contributed by atoms with Gasteiger partial charge in [0, 0.05) is 36.3 Å². The summed E-state index contributed by atoms with van der Waals surface area (Å²) in [7, 11) is 0. The molecule has 0 saturated carbocycles. The van der Waals surface area contributed by atoms with Gasteiger partial charge < -0.3 is 10.1 Å². The van der Waals surface area contributed by atoms with Gasteiger partial charge in [0.2, 0.25) is 5.91 Å². The molecule has 0 spiro atoms. The van der Waals surface area contributed by atoms with Crippen molar-refractivity contribution in [2.24, 2.45) is 0 Å². The second-order valence-corrected chi connectivity index (χ2v) is 6.95. The standard InChI is InChI=1S/C21H21ClFNO2/c22-18-5-2-4-17(14-18)21(9-11-26-12-10-21)15-24-20(25)8-7-16-3-1-6-19(23)13-16/h1-8,13-14H,9-12,15H2,(H,24,25)/b8-7+. The Morgan fingerprint density at radius 2 is 1.96 bits per heavy atom. The van der Waals surface area contributed by atoms with E-state index in [1.54, 1.807) is 18.2 Å². The molecule has 2 aromatic carbocycles. The van der Waals surface area contributed by atoms with E-state index in [2.05, 4.69) is 5.32 Å². The first kappa shape index (κ1) is 18.6. The monoisotopic (exact) mass is 373 g/mol. The molecular weight excluding hydrogens is 353 g/mol. The highest BCUT2D eigenvalue weighted by Crippen LogP contribution is 2.35. The number of carbonyl (C=O) groups is 1. The van der Waals surface area contributed by atoms with Crippen molar-refractivity contribution in [3.8, 4) is 0 Å². The van der Waals surface area contributed by atoms with Gasteiger partial charge in [0.25, 0.3) is 0 Å². The van der Waals surface area contributed by atoms with Gasteiger partial charge in [0.15, 0.2) is 0 Å². The summed E-state index contributed by atoms with van der Waals surface area (Å²) < 4.78 is 18.7. The summed E-state index contributed by atoms with van der Waals surface area (Å²) in [6.45, 7) is 1.81. The van der Waals surface area contributed by atoms with Gasteiger partial charge in [-0.05, 0) is 54.3 Å². The Bertz CT molecular complexity index is 800. The molecule has 26 heavy (non-hydrogen) atoms. The van der Waals surface area contributed by atoms with Gasteiger partial charge in [-0.25, -0.2) is 4.39 Å². The average molecular weight is 374 g/mol. The lowest BCUT2D eigenvalue weighted by Crippen LogP contribution is -2.44. The smallest absolute Gasteiger partial charge is 0.244 e. The minimum atomic E-state index is -0.324. The number of halogens is 2. The van der Waals surface area contributed by atoms with Crippen LogP contribution in [0, 0.1) is 5.82 Å². The van der Waals surface area contributed by atoms with E-state index in [9.17, 15) is 9.18 Å². The van der Waals surface area contributed by atoms with Crippen molar-refractivity contribution in [2.45, 2.75) is 18.3 Å². The maximum absolute atomic E-state index is 13.2. The zero-order valence-electron chi connectivity index (χ0n) is 14.4. The fourth-order valence-corrected chi connectivity index (χ4v) is 3.44. The molecule has 0 radical (unpaired) electrons. The number of amides is 1. The Morgan fingerprint density at radius 3 is 2.69 bits per heavy atom. The first-order valence-corrected chi connectivity index (χ1v) is 9.01. The number of carbonyl (C=O) groups excluding carboxylic acids is 1. The second-order valence-electron chi connectivity index (χ2n) is 6.51. The van der Waals surface area contributed by atoms with Crippen LogP contribution < -0.4 is 5.32 Å². The molecule has 3 rings (SSSR count). The number of hydrogen-bond donors (Lipinski definition) is 1. The van der Waals surface area contributed by atoms with Crippen LogP contribution >= 0.6 is 11.6 Å². The van der Waals surface area contributed by atoms with Crippen LogP contribution in [-0.4, -0.2) is 25.7 Å². The topological polar surface area (TPSA) is 38.3 Å². The number of benzene rings is 2. The largest absolute Gasteiger partial charge is 0.381 e. The van der Waals surface area contributed by atoms with Gasteiger partial charge in [-0.2, -0.15) is 0 Å². The van der Waals surface area contributed by atoms with E-state index in [1.165, 1.54) is 18.2 Å². The van der Waals surface area contributed by atoms with Crippen molar-refractivity contribution < 1.29 is 13.9 Å². The van der Waals surface area contributed by atoms with Crippen LogP contribution in [0.3, 0.4) is 0 Å². The highest BCUT2D eigenvalue weighted by atomic mass is 35.5. The molecule has 1 aliphatic heterocycles. The van der Waals surface area contributed by atoms with Crippen molar-refractivity contribution in [1.29, 1.82) is 0 Å². The predicted molar refractivity (Wildman–Crippen MR) is 102 cm³/mol. The molecule has 136 valence electrons. The fraction of sp³-hybridized carbons (Fsp3) is 0.286. The third-order valence-electron chi connectivity index (χ3n) is 4.76. The average Bonchev–Trinajstić information content (AvgIpc) is 2.65. The van der Waals surface area contributed by atoms with Gasteiger partial charge in [0.05, 0.1) is 0 Å². The SMILES string of the molecule is O=C(/C=C/c1cccc(F)c1)NCC1(c2cccc(Cl)c2)CCOCC1. The first-order chi connectivity index (χ1) is 12.6. The van der Waals surface area contributed by atoms with Crippen molar-refractivity contribution in [2.75, 3.05) is 19.8 Å². The third kappa shape index (κ3) is 4.71. The number of rotatable bonds is 5. The second kappa shape index (κ2) is 8.47. The van der Waals surface area contributed by atoms with Crippen LogP contribution in [-0.2, 0) is 14.9 Å². The summed E-state index contributed by atoms with van der Waals surface area (Å²) in [6, 6.07) is 13.9. The third-order valence-corrected chi connectivity index (χ3v) is 5.00. The summed E-state index contributed by atoms with van der Waals surface area (Å²) in [4.78, 5) is 12.2. The van der Waals surface area contributed by atoms with Gasteiger partial charge >= 0.3 is 0 Å². The summed E-state index contributed by atoms with van der Waals surface area (Å²) >= 11 is 6.16. The highest BCUT2D eigenvalue weighted by Gasteiger charge is 2.34. The maximum atomic E-state index is 13.2. The molecule has 0 bridgehead atoms. The first-order valence-electron chi connectivity index (χ1n) is 8.63. The summed E-state index contributed by atoms with van der Waals surface area (Å²) in [6.07, 6.45) is 4.68. The molecule has 3 nitrogen and oxygen atoms in total. The zero-order chi connectivity index (χ0) is 18.4. The molecule has 5 heteroatoms. The number of ether oxygens (including phenoxy) is 1. The van der Waals surface area contributed by atoms with Crippen LogP contribution in [0.2, 0.25) is 5.02 Å². The molecule has 1 heterocycles. The Morgan fingerprint density at radius 1 is 1.19 bits per heavy atom. The molecule has 1 N–H and O–H groups in total. The van der Waals surface area contributed by atoms with E-state index >= 15 is 0 Å². The van der Waals surface area contributed by atoms with Gasteiger partial charge in [-0.3, -0.25) is 4.79 Å². The molecule has 1 fully saturated rings. The number of nitrogens with one attached hydrogen (secondary N) is 1. The predicted octanol–water partition coefficient (Wildman–Crippen LogP) is 4.36. The molecule has 0 aliphatic carbocycles. The van der Waals surface area contributed by atoms with Crippen molar-refractivity contribution in [3.05, 3.63) is 76.6 Å². The molecule has 0 unspecified atom stereocenters. The molecule has 0 atom stereocenters. The summed E-state index contributed by atoms with van der Waals surface area (Å²) in [5.74, 6) is -0.531. The molecule has 1 saturated heterocycles. The summed E-state index contributed by atoms with van der Waals surface area (Å²) in [5.41, 5.74) is 1.57. The van der Waals surface area contributed by atoms with Crippen LogP contribution in [0.15, 0.2) is 54.6 Å². The number of hydrogen-bond acceptors (Lipinski definition) is 2. The van der Waals surface area contributed by atoms with Crippen molar-refractivity contribution >= 4 is 23.6 Å². The van der Waals surface area contributed by atoms with E-state index in [4.69, 9.17) is 16.3 Å². The van der Waals surface area contributed by atoms with Crippen LogP contribution in [0.5, 0.6) is 0 Å². The molecule has 1 aliphatic rings. The van der Waals surface area contributed by atoms with Crippen LogP contribution in [0.1, 0.15) is 24.0 Å². The van der Waals surface area contributed by atoms with E-state index in [0.29, 0.717) is 30.3 Å². The Hall–Kier alpha value is -2.17. The zero-order valence-corrected chi connectivity index (χ0v) is 15.1. The van der Waals surface area contributed by atoms with Crippen LogP contribution in [0.25, 0.3) is 6.08 Å². The molecule has 2 aromatic rings. The Balaban J connectivity index is 1.69. The Labute approximate surface area is 157 Å². The van der Waals surface area contributed by atoms with E-state index in [-0.39, 0.29) is 17.1 Å². The maximum Gasteiger partial charge on any atom is 0.244 e. The normalized spacial score (nSPS) is 16.5. The van der Waals surface area contributed by atoms with E-state index < -0.39 is 0 Å². The quantitative estimate of drug-likeness (QED) is 0.791. The lowest BCUT2D eigenvalue weighted by molar-refractivity contribution is -0.116. The minimum absolute atomic E-state index is 0.189. The van der Waals surface area contributed by atoms with Crippen LogP contribution in [0.4, 0.5) is 4.39 Å².